The molecule has 0 bridgehead atoms. The fourth-order valence-corrected chi connectivity index (χ4v) is 2.72. The topological polar surface area (TPSA) is 72.0 Å². The molecule has 324 valence electrons. The molecule has 0 unspecified atom stereocenters. The maximum absolute atomic E-state index is 11.2. The standard InChI is InChI=1S/2C12H30N4.2Cu.12FH.O2.2Sb/c2*1-13(2)7-10-16(11-8-14(3)4)12-9-15(5)6;;;;;;;;;;;;;;;1-2;;/h2*7-12H2,1-6H3;;;12*1H;;;/q;;2*+2;;;;;;;;;;;;;-2;2*+5/p-12. The number of nitrogens with zero attached hydrogens (tertiary/aromatic N) is 8. The zero-order valence-electron chi connectivity index (χ0n) is 30.9. The number of hydrogen-bond acceptors (Lipinski definition) is 10. The molecule has 0 amide bonds. The summed E-state index contributed by atoms with van der Waals surface area (Å²) in [5, 5.41) is 14.0. The summed E-state index contributed by atoms with van der Waals surface area (Å²) in [5.41, 5.74) is 0. The Morgan fingerprint density at radius 1 is 0.280 bits per heavy atom. The van der Waals surface area contributed by atoms with Crippen molar-refractivity contribution in [3.05, 3.63) is 0 Å². The Balaban J connectivity index is -0.000000102. The molecule has 0 aromatic rings. The molecule has 0 N–H and O–H groups in total. The van der Waals surface area contributed by atoms with Crippen molar-refractivity contribution < 1.29 is 78.4 Å². The second kappa shape index (κ2) is 27.1. The molecular weight excluding hydrogens is 1030 g/mol. The van der Waals surface area contributed by atoms with Crippen LogP contribution in [0.2, 0.25) is 0 Å². The van der Waals surface area contributed by atoms with Gasteiger partial charge in [0.2, 0.25) is 0 Å². The molecule has 0 saturated carbocycles. The number of likely N-dealkylation sites (N-methyl/N-ethyl adjacent to an activating group) is 6. The van der Waals surface area contributed by atoms with E-state index in [1.165, 1.54) is 0 Å². The van der Waals surface area contributed by atoms with Crippen LogP contribution in [0.5, 0.6) is 0 Å². The molecule has 0 atom stereocenters. The third kappa shape index (κ3) is 117. The molecule has 26 heteroatoms. The largest absolute Gasteiger partial charge is 1.00 e. The average molecular weight is 1090 g/mol. The normalized spacial score (nSPS) is 14.5. The Kier molecular flexibility index (Phi) is 35.9. The van der Waals surface area contributed by atoms with Crippen LogP contribution in [-0.2, 0) is 34.1 Å². The molecule has 50 heavy (non-hydrogen) atoms. The van der Waals surface area contributed by atoms with Crippen LogP contribution in [0.3, 0.4) is 0 Å². The van der Waals surface area contributed by atoms with E-state index in [1.54, 1.807) is 0 Å². The van der Waals surface area contributed by atoms with Gasteiger partial charge in [-0.3, -0.25) is 9.80 Å². The molecule has 0 rings (SSSR count). The maximum Gasteiger partial charge on any atom is -1.00 e. The molecule has 10 nitrogen and oxygen atoms in total. The van der Waals surface area contributed by atoms with Crippen LogP contribution in [0.4, 0.5) is 33.8 Å². The molecule has 0 aliphatic rings. The first-order valence-electron chi connectivity index (χ1n) is 14.4. The van der Waals surface area contributed by atoms with Crippen LogP contribution >= 0.6 is 0 Å². The van der Waals surface area contributed by atoms with Crippen LogP contribution in [-0.4, -0.2) is 241 Å². The van der Waals surface area contributed by atoms with Crippen molar-refractivity contribution in [2.45, 2.75) is 0 Å². The van der Waals surface area contributed by atoms with Gasteiger partial charge in [0.15, 0.2) is 0 Å². The number of rotatable bonds is 18. The monoisotopic (exact) mass is 1090 g/mol. The molecule has 0 aliphatic heterocycles. The average Bonchev–Trinajstić information content (AvgIpc) is 2.80. The van der Waals surface area contributed by atoms with Gasteiger partial charge in [0.25, 0.3) is 0 Å². The minimum Gasteiger partial charge on any atom is -1.00 e. The molecule has 0 aromatic carbocycles. The van der Waals surface area contributed by atoms with Crippen LogP contribution in [0.25, 0.3) is 0 Å². The molecule has 0 heterocycles. The maximum atomic E-state index is 9.93. The van der Waals surface area contributed by atoms with Crippen LogP contribution in [0.1, 0.15) is 0 Å². The van der Waals surface area contributed by atoms with E-state index in [-0.39, 0.29) is 34.1 Å². The van der Waals surface area contributed by atoms with E-state index >= 15 is 0 Å². The molecular formula is C24H60Cu2F12N8O2Sb2. The van der Waals surface area contributed by atoms with Crippen LogP contribution in [0.15, 0.2) is 0 Å². The minimum absolute atomic E-state index is 0. The number of halogens is 12. The third-order valence-corrected chi connectivity index (χ3v) is 5.18. The first-order valence-corrected chi connectivity index (χ1v) is 25.9. The van der Waals surface area contributed by atoms with Gasteiger partial charge in [-0.15, -0.1) is 0 Å². The van der Waals surface area contributed by atoms with Gasteiger partial charge in [0, 0.05) is 78.5 Å². The Labute approximate surface area is 317 Å². The van der Waals surface area contributed by atoms with Gasteiger partial charge in [-0.25, -0.2) is 0 Å². The van der Waals surface area contributed by atoms with Crippen LogP contribution in [0, 0.1) is 0 Å². The second-order valence-corrected chi connectivity index (χ2v) is 23.4. The summed E-state index contributed by atoms with van der Waals surface area (Å²) in [7, 11) is 25.6. The summed E-state index contributed by atoms with van der Waals surface area (Å²) >= 11 is -22.5. The third-order valence-electron chi connectivity index (χ3n) is 5.18. The Hall–Kier alpha value is 1.44. The van der Waals surface area contributed by atoms with Crippen molar-refractivity contribution in [2.24, 2.45) is 0 Å². The van der Waals surface area contributed by atoms with Crippen molar-refractivity contribution in [3.63, 3.8) is 0 Å². The predicted octanol–water partition coefficient (Wildman–Crippen LogP) is 1.84. The van der Waals surface area contributed by atoms with Gasteiger partial charge in [0.1, 0.15) is 0 Å². The summed E-state index contributed by atoms with van der Waals surface area (Å²) in [5.74, 6) is 0. The van der Waals surface area contributed by atoms with E-state index in [4.69, 9.17) is 10.5 Å². The fraction of sp³-hybridized carbons (Fsp3) is 1.00. The Morgan fingerprint density at radius 3 is 0.420 bits per heavy atom. The van der Waals surface area contributed by atoms with E-state index in [0.29, 0.717) is 0 Å². The summed E-state index contributed by atoms with van der Waals surface area (Å²) in [6, 6.07) is 0. The van der Waals surface area contributed by atoms with Crippen molar-refractivity contribution >= 4 is 39.0 Å². The van der Waals surface area contributed by atoms with Gasteiger partial charge in [-0.1, -0.05) is 0 Å². The molecule has 0 aromatic heterocycles. The fourth-order valence-electron chi connectivity index (χ4n) is 2.72. The van der Waals surface area contributed by atoms with Crippen molar-refractivity contribution in [3.8, 4) is 0 Å². The molecule has 2 radical (unpaired) electrons. The molecule has 0 saturated heterocycles. The van der Waals surface area contributed by atoms with Crippen molar-refractivity contribution in [1.29, 1.82) is 0 Å². The van der Waals surface area contributed by atoms with Gasteiger partial charge in [-0.2, -0.15) is 0 Å². The Morgan fingerprint density at radius 2 is 0.360 bits per heavy atom. The van der Waals surface area contributed by atoms with Crippen molar-refractivity contribution in [1.82, 2.24) is 39.2 Å². The zero-order valence-corrected chi connectivity index (χ0v) is 37.9. The van der Waals surface area contributed by atoms with Gasteiger partial charge >= 0.3 is 107 Å². The van der Waals surface area contributed by atoms with E-state index < -0.39 is 39.0 Å². The predicted molar refractivity (Wildman–Crippen MR) is 169 cm³/mol. The number of hydrogen-bond donors (Lipinski definition) is 0. The van der Waals surface area contributed by atoms with Gasteiger partial charge in [-0.05, 0) is 84.6 Å². The molecule has 0 fully saturated rings. The molecule has 0 aliphatic carbocycles. The smallest absolute Gasteiger partial charge is 1.00 e. The van der Waals surface area contributed by atoms with Gasteiger partial charge < -0.3 is 39.9 Å². The summed E-state index contributed by atoms with van der Waals surface area (Å²) in [4.78, 5) is 18.6. The van der Waals surface area contributed by atoms with Crippen molar-refractivity contribution in [2.75, 3.05) is 163 Å². The first kappa shape index (κ1) is 66.3. The van der Waals surface area contributed by atoms with E-state index in [0.717, 1.165) is 78.5 Å². The minimum atomic E-state index is -11.2. The van der Waals surface area contributed by atoms with E-state index in [9.17, 15) is 33.8 Å². The summed E-state index contributed by atoms with van der Waals surface area (Å²) < 4.78 is 119. The quantitative estimate of drug-likeness (QED) is 0.0881. The summed E-state index contributed by atoms with van der Waals surface area (Å²) in [6.45, 7) is 13.8. The SMILES string of the molecule is CN(C)CCN(CCN(C)C)CCN(C)C.CN(C)CCN(CCN(C)C)CCN(C)C.[Cu+2].[Cu+2].[F][Sb-]([F])([F])([F])([F])[F].[F][Sb-]([F])([F])([F])([F])[F].[O-][O-]. The van der Waals surface area contributed by atoms with Crippen LogP contribution < -0.4 is 10.5 Å². The van der Waals surface area contributed by atoms with E-state index in [2.05, 4.69) is 124 Å². The second-order valence-electron chi connectivity index (χ2n) is 12.4. The van der Waals surface area contributed by atoms with E-state index in [1.807, 2.05) is 0 Å². The van der Waals surface area contributed by atoms with Gasteiger partial charge in [0.05, 0.1) is 0 Å². The Bertz CT molecular complexity index is 645. The zero-order chi connectivity index (χ0) is 39.9. The summed E-state index contributed by atoms with van der Waals surface area (Å²) in [6.07, 6.45) is 0. The first-order chi connectivity index (χ1) is 20.7. The molecule has 0 spiro atoms.